The number of halogens is 3. The number of rotatable bonds is 5. The second-order valence-corrected chi connectivity index (χ2v) is 4.03. The molecule has 4 nitrogen and oxygen atoms in total. The van der Waals surface area contributed by atoms with Crippen LogP contribution in [-0.4, -0.2) is 16.0 Å². The Labute approximate surface area is 104 Å². The molecule has 0 aromatic heterocycles. The van der Waals surface area contributed by atoms with Gasteiger partial charge in [-0.05, 0) is 6.07 Å². The van der Waals surface area contributed by atoms with Crippen LogP contribution < -0.4 is 0 Å². The van der Waals surface area contributed by atoms with Crippen LogP contribution in [0.3, 0.4) is 0 Å². The molecule has 92 valence electrons. The number of benzene rings is 1. The van der Waals surface area contributed by atoms with Gasteiger partial charge in [0.25, 0.3) is 12.1 Å². The fourth-order valence-electron chi connectivity index (χ4n) is 1.26. The Hall–Kier alpha value is -1.37. The predicted molar refractivity (Wildman–Crippen MR) is 60.8 cm³/mol. The quantitative estimate of drug-likeness (QED) is 0.362. The van der Waals surface area contributed by atoms with E-state index in [0.717, 1.165) is 18.2 Å². The molecule has 0 atom stereocenters. The Balaban J connectivity index is 3.21. The van der Waals surface area contributed by atoms with Gasteiger partial charge in [-0.3, -0.25) is 14.9 Å². The highest BCUT2D eigenvalue weighted by Gasteiger charge is 2.18. The van der Waals surface area contributed by atoms with Gasteiger partial charge in [0.05, 0.1) is 4.92 Å². The first-order valence-corrected chi connectivity index (χ1v) is 5.74. The number of ketones is 1. The molecule has 1 aromatic carbocycles. The number of carbonyl (C=O) groups is 1. The lowest BCUT2D eigenvalue weighted by atomic mass is 10.0. The monoisotopic (exact) mass is 307 g/mol. The number of nitro groups is 1. The second-order valence-electron chi connectivity index (χ2n) is 3.23. The minimum atomic E-state index is -2.84. The molecule has 0 saturated heterocycles. The predicted octanol–water partition coefficient (Wildman–Crippen LogP) is 3.50. The zero-order valence-corrected chi connectivity index (χ0v) is 10.1. The van der Waals surface area contributed by atoms with Gasteiger partial charge < -0.3 is 0 Å². The van der Waals surface area contributed by atoms with Crippen LogP contribution in [0.2, 0.25) is 0 Å². The Morgan fingerprint density at radius 2 is 2.06 bits per heavy atom. The molecular weight excluding hydrogens is 300 g/mol. The Kier molecular flexibility index (Phi) is 4.68. The van der Waals surface area contributed by atoms with E-state index in [-0.39, 0.29) is 12.0 Å². The lowest BCUT2D eigenvalue weighted by Gasteiger charge is -2.04. The molecule has 0 spiro atoms. The van der Waals surface area contributed by atoms with E-state index in [1.807, 2.05) is 0 Å². The molecule has 0 heterocycles. The largest absolute Gasteiger partial charge is 0.294 e. The fourth-order valence-corrected chi connectivity index (χ4v) is 1.62. The normalized spacial score (nSPS) is 10.6. The topological polar surface area (TPSA) is 60.2 Å². The minimum absolute atomic E-state index is 0.0612. The Morgan fingerprint density at radius 1 is 1.41 bits per heavy atom. The van der Waals surface area contributed by atoms with Crippen molar-refractivity contribution in [2.75, 3.05) is 5.33 Å². The molecule has 0 saturated carbocycles. The van der Waals surface area contributed by atoms with E-state index >= 15 is 0 Å². The number of non-ortho nitro benzene ring substituents is 1. The lowest BCUT2D eigenvalue weighted by molar-refractivity contribution is -0.385. The fraction of sp³-hybridized carbons (Fsp3) is 0.300. The summed E-state index contributed by atoms with van der Waals surface area (Å²) in [6.45, 7) is 0. The molecule has 7 heteroatoms. The molecule has 0 fully saturated rings. The highest BCUT2D eigenvalue weighted by molar-refractivity contribution is 9.09. The maximum Gasteiger partial charge on any atom is 0.270 e. The van der Waals surface area contributed by atoms with Gasteiger partial charge in [-0.15, -0.1) is 0 Å². The van der Waals surface area contributed by atoms with E-state index in [1.165, 1.54) is 0 Å². The minimum Gasteiger partial charge on any atom is -0.294 e. The molecular formula is C10H8BrF2NO3. The Morgan fingerprint density at radius 3 is 2.53 bits per heavy atom. The molecule has 0 unspecified atom stereocenters. The lowest BCUT2D eigenvalue weighted by Crippen LogP contribution is -2.02. The van der Waals surface area contributed by atoms with Crippen molar-refractivity contribution in [2.45, 2.75) is 12.8 Å². The van der Waals surface area contributed by atoms with Crippen molar-refractivity contribution in [1.29, 1.82) is 0 Å². The number of Topliss-reactive ketones (excluding diaryl/α,β-unsaturated/α-hetero) is 1. The van der Waals surface area contributed by atoms with Crippen LogP contribution in [0.15, 0.2) is 18.2 Å². The van der Waals surface area contributed by atoms with Crippen LogP contribution in [0, 0.1) is 10.1 Å². The van der Waals surface area contributed by atoms with Gasteiger partial charge >= 0.3 is 0 Å². The highest BCUT2D eigenvalue weighted by atomic mass is 79.9. The van der Waals surface area contributed by atoms with Crippen LogP contribution in [0.4, 0.5) is 14.5 Å². The first-order valence-electron chi connectivity index (χ1n) is 4.62. The molecule has 0 aliphatic carbocycles. The van der Waals surface area contributed by atoms with Crippen molar-refractivity contribution in [1.82, 2.24) is 0 Å². The van der Waals surface area contributed by atoms with Crippen LogP contribution in [-0.2, 0) is 0 Å². The SMILES string of the molecule is O=C(CCBr)c1cc(C(F)F)cc([N+](=O)[O-])c1. The average molecular weight is 308 g/mol. The molecule has 0 radical (unpaired) electrons. The summed E-state index contributed by atoms with van der Waals surface area (Å²) in [6.07, 6.45) is -2.74. The smallest absolute Gasteiger partial charge is 0.270 e. The maximum atomic E-state index is 12.5. The van der Waals surface area contributed by atoms with E-state index in [0.29, 0.717) is 5.33 Å². The van der Waals surface area contributed by atoms with Crippen molar-refractivity contribution in [3.8, 4) is 0 Å². The van der Waals surface area contributed by atoms with Gasteiger partial charge in [0.1, 0.15) is 0 Å². The zero-order chi connectivity index (χ0) is 13.0. The summed E-state index contributed by atoms with van der Waals surface area (Å²) < 4.78 is 25.0. The van der Waals surface area contributed by atoms with Gasteiger partial charge in [-0.2, -0.15) is 0 Å². The number of hydrogen-bond donors (Lipinski definition) is 0. The molecule has 17 heavy (non-hydrogen) atoms. The average Bonchev–Trinajstić information content (AvgIpc) is 2.28. The number of nitrogens with zero attached hydrogens (tertiary/aromatic N) is 1. The van der Waals surface area contributed by atoms with Crippen molar-refractivity contribution < 1.29 is 18.5 Å². The molecule has 0 bridgehead atoms. The highest BCUT2D eigenvalue weighted by Crippen LogP contribution is 2.26. The second kappa shape index (κ2) is 5.81. The number of hydrogen-bond acceptors (Lipinski definition) is 3. The molecule has 0 amide bonds. The van der Waals surface area contributed by atoms with Crippen LogP contribution in [0.1, 0.15) is 28.8 Å². The van der Waals surface area contributed by atoms with Crippen LogP contribution in [0.5, 0.6) is 0 Å². The van der Waals surface area contributed by atoms with Gasteiger partial charge in [-0.25, -0.2) is 8.78 Å². The molecule has 0 N–H and O–H groups in total. The van der Waals surface area contributed by atoms with E-state index in [4.69, 9.17) is 0 Å². The molecule has 0 aliphatic heterocycles. The van der Waals surface area contributed by atoms with Crippen LogP contribution >= 0.6 is 15.9 Å². The summed E-state index contributed by atoms with van der Waals surface area (Å²) in [5, 5.41) is 10.9. The first kappa shape index (κ1) is 13.7. The summed E-state index contributed by atoms with van der Waals surface area (Å²) in [5.74, 6) is -0.410. The summed E-state index contributed by atoms with van der Waals surface area (Å²) in [5.41, 5.74) is -1.08. The van der Waals surface area contributed by atoms with Gasteiger partial charge in [0.2, 0.25) is 0 Å². The standard InChI is InChI=1S/C10H8BrF2NO3/c11-2-1-9(15)6-3-7(10(12)13)5-8(4-6)14(16)17/h3-5,10H,1-2H2. The summed E-state index contributed by atoms with van der Waals surface area (Å²) >= 11 is 3.04. The summed E-state index contributed by atoms with van der Waals surface area (Å²) in [6, 6.07) is 2.77. The van der Waals surface area contributed by atoms with Gasteiger partial charge in [-0.1, -0.05) is 15.9 Å². The molecule has 0 aliphatic rings. The van der Waals surface area contributed by atoms with Crippen molar-refractivity contribution in [2.24, 2.45) is 0 Å². The molecule has 1 rings (SSSR count). The van der Waals surface area contributed by atoms with E-state index in [1.54, 1.807) is 0 Å². The van der Waals surface area contributed by atoms with E-state index in [9.17, 15) is 23.7 Å². The number of carbonyl (C=O) groups excluding carboxylic acids is 1. The number of alkyl halides is 3. The first-order chi connectivity index (χ1) is 7.95. The third-order valence-corrected chi connectivity index (χ3v) is 2.44. The van der Waals surface area contributed by atoms with E-state index in [2.05, 4.69) is 15.9 Å². The maximum absolute atomic E-state index is 12.5. The van der Waals surface area contributed by atoms with Crippen LogP contribution in [0.25, 0.3) is 0 Å². The van der Waals surface area contributed by atoms with Gasteiger partial charge in [0, 0.05) is 35.0 Å². The van der Waals surface area contributed by atoms with Crippen molar-refractivity contribution >= 4 is 27.4 Å². The summed E-state index contributed by atoms with van der Waals surface area (Å²) in [7, 11) is 0. The van der Waals surface area contributed by atoms with Crippen molar-refractivity contribution in [3.63, 3.8) is 0 Å². The van der Waals surface area contributed by atoms with E-state index < -0.39 is 28.4 Å². The van der Waals surface area contributed by atoms with Crippen molar-refractivity contribution in [3.05, 3.63) is 39.4 Å². The Bertz CT molecular complexity index is 451. The van der Waals surface area contributed by atoms with Gasteiger partial charge in [0.15, 0.2) is 5.78 Å². The molecule has 1 aromatic rings. The third-order valence-electron chi connectivity index (χ3n) is 2.05. The number of nitro benzene ring substituents is 1. The zero-order valence-electron chi connectivity index (χ0n) is 8.53. The third kappa shape index (κ3) is 3.55. The summed E-state index contributed by atoms with van der Waals surface area (Å²) in [4.78, 5) is 21.3.